The van der Waals surface area contributed by atoms with Gasteiger partial charge in [-0.3, -0.25) is 4.79 Å². The summed E-state index contributed by atoms with van der Waals surface area (Å²) in [6.45, 7) is 1.77. The van der Waals surface area contributed by atoms with E-state index in [9.17, 15) is 13.6 Å². The molecule has 2 aromatic carbocycles. The summed E-state index contributed by atoms with van der Waals surface area (Å²) in [7, 11) is 0. The molecule has 1 amide bonds. The van der Waals surface area contributed by atoms with Crippen LogP contribution in [0.25, 0.3) is 0 Å². The lowest BCUT2D eigenvalue weighted by atomic mass is 9.95. The van der Waals surface area contributed by atoms with Gasteiger partial charge in [-0.15, -0.1) is 0 Å². The fraction of sp³-hybridized carbons (Fsp3) is 0.227. The van der Waals surface area contributed by atoms with E-state index in [1.54, 1.807) is 23.7 Å². The third-order valence-electron chi connectivity index (χ3n) is 4.99. The van der Waals surface area contributed by atoms with E-state index in [-0.39, 0.29) is 6.61 Å². The van der Waals surface area contributed by atoms with Crippen LogP contribution in [0.1, 0.15) is 30.8 Å². The van der Waals surface area contributed by atoms with Crippen molar-refractivity contribution in [3.05, 3.63) is 82.8 Å². The molecule has 0 radical (unpaired) electrons. The normalized spacial score (nSPS) is 15.4. The zero-order chi connectivity index (χ0) is 22.0. The first-order valence-electron chi connectivity index (χ1n) is 9.82. The molecule has 3 aromatic rings. The molecule has 4 rings (SSSR count). The Morgan fingerprint density at radius 3 is 2.42 bits per heavy atom. The fourth-order valence-corrected chi connectivity index (χ4v) is 3.52. The number of fused-ring (bicyclic) bond motifs is 1. The van der Waals surface area contributed by atoms with Crippen molar-refractivity contribution in [2.75, 3.05) is 17.2 Å². The highest BCUT2D eigenvalue weighted by Crippen LogP contribution is 2.35. The molecule has 1 aliphatic heterocycles. The molecule has 0 aliphatic carbocycles. The van der Waals surface area contributed by atoms with Gasteiger partial charge in [0.25, 0.3) is 5.91 Å². The van der Waals surface area contributed by atoms with Crippen molar-refractivity contribution in [2.24, 2.45) is 0 Å². The lowest BCUT2D eigenvalue weighted by Gasteiger charge is -2.28. The third-order valence-corrected chi connectivity index (χ3v) is 4.99. The van der Waals surface area contributed by atoms with E-state index < -0.39 is 23.6 Å². The number of carbonyl (C=O) groups excluding carboxylic acids is 1. The average molecular weight is 425 g/mol. The molecule has 3 N–H and O–H groups in total. The van der Waals surface area contributed by atoms with E-state index in [0.29, 0.717) is 47.1 Å². The van der Waals surface area contributed by atoms with Gasteiger partial charge in [-0.25, -0.2) is 13.5 Å². The summed E-state index contributed by atoms with van der Waals surface area (Å²) in [5.74, 6) is -0.212. The van der Waals surface area contributed by atoms with Crippen molar-refractivity contribution in [3.8, 4) is 0 Å². The molecule has 0 bridgehead atoms. The van der Waals surface area contributed by atoms with Gasteiger partial charge in [0.05, 0.1) is 5.57 Å². The Balaban J connectivity index is 1.74. The largest absolute Gasteiger partial charge is 0.396 e. The van der Waals surface area contributed by atoms with E-state index in [4.69, 9.17) is 5.11 Å². The number of hydrogen-bond acceptors (Lipinski definition) is 5. The third kappa shape index (κ3) is 4.31. The van der Waals surface area contributed by atoms with Gasteiger partial charge in [0, 0.05) is 24.4 Å². The molecule has 0 saturated heterocycles. The number of nitrogens with one attached hydrogen (secondary N) is 2. The maximum absolute atomic E-state index is 13.6. The van der Waals surface area contributed by atoms with Crippen LogP contribution in [-0.4, -0.2) is 32.4 Å². The molecule has 1 unspecified atom stereocenters. The molecule has 160 valence electrons. The number of aryl methyl sites for hydroxylation is 1. The summed E-state index contributed by atoms with van der Waals surface area (Å²) < 4.78 is 28.4. The van der Waals surface area contributed by atoms with Gasteiger partial charge in [0.15, 0.2) is 5.82 Å². The maximum atomic E-state index is 13.6. The minimum atomic E-state index is -0.646. The monoisotopic (exact) mass is 425 g/mol. The number of anilines is 2. The number of carbonyl (C=O) groups is 1. The Morgan fingerprint density at radius 1 is 1.13 bits per heavy atom. The van der Waals surface area contributed by atoms with Crippen molar-refractivity contribution in [1.29, 1.82) is 0 Å². The Kier molecular flexibility index (Phi) is 5.77. The Hall–Kier alpha value is -3.59. The molecule has 0 fully saturated rings. The molecule has 0 saturated carbocycles. The van der Waals surface area contributed by atoms with Crippen LogP contribution in [0.5, 0.6) is 0 Å². The van der Waals surface area contributed by atoms with Crippen LogP contribution < -0.4 is 10.6 Å². The highest BCUT2D eigenvalue weighted by Gasteiger charge is 2.34. The van der Waals surface area contributed by atoms with Crippen molar-refractivity contribution in [2.45, 2.75) is 25.8 Å². The van der Waals surface area contributed by atoms with Crippen LogP contribution >= 0.6 is 0 Å². The van der Waals surface area contributed by atoms with Crippen molar-refractivity contribution < 1.29 is 18.7 Å². The summed E-state index contributed by atoms with van der Waals surface area (Å²) in [6.07, 6.45) is 0.986. The van der Waals surface area contributed by atoms with Crippen LogP contribution in [0.2, 0.25) is 0 Å². The van der Waals surface area contributed by atoms with Gasteiger partial charge in [0.1, 0.15) is 17.7 Å². The molecule has 7 nitrogen and oxygen atoms in total. The number of rotatable bonds is 6. The molecule has 9 heteroatoms. The predicted molar refractivity (Wildman–Crippen MR) is 111 cm³/mol. The minimum absolute atomic E-state index is 0.0152. The first kappa shape index (κ1) is 20.7. The lowest BCUT2D eigenvalue weighted by molar-refractivity contribution is -0.113. The fourth-order valence-electron chi connectivity index (χ4n) is 3.52. The minimum Gasteiger partial charge on any atom is -0.396 e. The second-order valence-electron chi connectivity index (χ2n) is 7.20. The van der Waals surface area contributed by atoms with Crippen molar-refractivity contribution in [1.82, 2.24) is 14.8 Å². The Morgan fingerprint density at radius 2 is 1.77 bits per heavy atom. The number of nitrogens with zero attached hydrogens (tertiary/aromatic N) is 3. The Labute approximate surface area is 177 Å². The van der Waals surface area contributed by atoms with E-state index in [1.165, 1.54) is 36.4 Å². The van der Waals surface area contributed by atoms with Crippen molar-refractivity contribution in [3.63, 3.8) is 0 Å². The van der Waals surface area contributed by atoms with Crippen LogP contribution in [0.4, 0.5) is 20.4 Å². The van der Waals surface area contributed by atoms with Gasteiger partial charge < -0.3 is 15.7 Å². The number of halogens is 2. The van der Waals surface area contributed by atoms with E-state index >= 15 is 0 Å². The highest BCUT2D eigenvalue weighted by atomic mass is 19.1. The summed E-state index contributed by atoms with van der Waals surface area (Å²) >= 11 is 0. The zero-order valence-electron chi connectivity index (χ0n) is 16.8. The smallest absolute Gasteiger partial charge is 0.255 e. The van der Waals surface area contributed by atoms with Gasteiger partial charge in [0.2, 0.25) is 5.95 Å². The molecule has 1 aliphatic rings. The summed E-state index contributed by atoms with van der Waals surface area (Å²) in [4.78, 5) is 17.7. The summed E-state index contributed by atoms with van der Waals surface area (Å²) in [5, 5.41) is 19.5. The predicted octanol–water partition coefficient (Wildman–Crippen LogP) is 3.41. The lowest BCUT2D eigenvalue weighted by Crippen LogP contribution is -2.31. The quantitative estimate of drug-likeness (QED) is 0.563. The standard InChI is InChI=1S/C22H21F2N5O2/c1-13-19(21(31)26-17-10-8-16(24)9-11-17)20(14-4-6-15(23)7-5-14)29-22(25-13)27-18(28-29)3-2-12-30/h4-11,20,30H,2-3,12H2,1H3,(H,26,31)(H,25,27,28). The average Bonchev–Trinajstić information content (AvgIpc) is 3.15. The van der Waals surface area contributed by atoms with Crippen LogP contribution in [0.3, 0.4) is 0 Å². The van der Waals surface area contributed by atoms with Crippen LogP contribution in [0.15, 0.2) is 59.8 Å². The molecule has 0 spiro atoms. The second-order valence-corrected chi connectivity index (χ2v) is 7.20. The van der Waals surface area contributed by atoms with E-state index in [1.807, 2.05) is 0 Å². The second kappa shape index (κ2) is 8.65. The Bertz CT molecular complexity index is 1120. The van der Waals surface area contributed by atoms with E-state index in [2.05, 4.69) is 20.7 Å². The topological polar surface area (TPSA) is 92.1 Å². The number of allylic oxidation sites excluding steroid dienone is 1. The first-order chi connectivity index (χ1) is 15.0. The number of amides is 1. The van der Waals surface area contributed by atoms with E-state index in [0.717, 1.165) is 0 Å². The molecule has 31 heavy (non-hydrogen) atoms. The number of aromatic nitrogens is 3. The van der Waals surface area contributed by atoms with Gasteiger partial charge in [-0.2, -0.15) is 10.1 Å². The van der Waals surface area contributed by atoms with Gasteiger partial charge in [-0.05, 0) is 55.3 Å². The number of aliphatic hydroxyl groups is 1. The summed E-state index contributed by atoms with van der Waals surface area (Å²) in [6, 6.07) is 10.7. The number of benzene rings is 2. The molecular weight excluding hydrogens is 404 g/mol. The molecule has 2 heterocycles. The zero-order valence-corrected chi connectivity index (χ0v) is 16.8. The molecule has 1 aromatic heterocycles. The maximum Gasteiger partial charge on any atom is 0.255 e. The van der Waals surface area contributed by atoms with Gasteiger partial charge in [-0.1, -0.05) is 12.1 Å². The highest BCUT2D eigenvalue weighted by molar-refractivity contribution is 6.06. The molecular formula is C22H21F2N5O2. The summed E-state index contributed by atoms with van der Waals surface area (Å²) in [5.41, 5.74) is 2.05. The van der Waals surface area contributed by atoms with Crippen LogP contribution in [0, 0.1) is 11.6 Å². The number of aliphatic hydroxyl groups excluding tert-OH is 1. The van der Waals surface area contributed by atoms with Gasteiger partial charge >= 0.3 is 0 Å². The molecule has 1 atom stereocenters. The SMILES string of the molecule is CC1=C(C(=O)Nc2ccc(F)cc2)C(c2ccc(F)cc2)n2nc(CCCO)nc2N1. The van der Waals surface area contributed by atoms with Crippen LogP contribution in [-0.2, 0) is 11.2 Å². The van der Waals surface area contributed by atoms with Crippen molar-refractivity contribution >= 4 is 17.5 Å². The number of hydrogen-bond donors (Lipinski definition) is 3. The first-order valence-corrected chi connectivity index (χ1v) is 9.82.